The molecule has 2 aliphatic rings. The van der Waals surface area contributed by atoms with Gasteiger partial charge in [-0.15, -0.1) is 5.10 Å². The average Bonchev–Trinajstić information content (AvgIpc) is 3.02. The molecule has 0 saturated carbocycles. The first-order valence-corrected chi connectivity index (χ1v) is 8.70. The van der Waals surface area contributed by atoms with E-state index in [9.17, 15) is 9.59 Å². The molecule has 0 unspecified atom stereocenters. The summed E-state index contributed by atoms with van der Waals surface area (Å²) in [5, 5.41) is 10.7. The number of rotatable bonds is 4. The molecule has 9 heteroatoms. The molecule has 136 valence electrons. The summed E-state index contributed by atoms with van der Waals surface area (Å²) in [6.07, 6.45) is 3.27. The average molecular weight is 375 g/mol. The van der Waals surface area contributed by atoms with Crippen molar-refractivity contribution in [1.29, 1.82) is 0 Å². The first kappa shape index (κ1) is 18.3. The third kappa shape index (κ3) is 4.78. The lowest BCUT2D eigenvalue weighted by Crippen LogP contribution is -2.19. The minimum absolute atomic E-state index is 0.211. The lowest BCUT2D eigenvalue weighted by atomic mass is 10.1. The molecule has 2 saturated heterocycles. The molecular weight excluding hydrogens is 358 g/mol. The SMILES string of the molecule is COC(=O)/C=C1/S/C(=N\N=Cc2ccc(C3OCCCO3)cc2)NC1=O. The number of ether oxygens (including phenoxy) is 3. The Morgan fingerprint density at radius 2 is 2.04 bits per heavy atom. The van der Waals surface area contributed by atoms with Crippen LogP contribution in [0.4, 0.5) is 0 Å². The first-order valence-electron chi connectivity index (χ1n) is 7.89. The standard InChI is InChI=1S/C17H17N3O5S/c1-23-14(21)9-13-15(22)19-17(26-13)20-18-10-11-3-5-12(6-4-11)16-24-7-2-8-25-16/h3-6,9-10,16H,2,7-8H2,1H3,(H,19,20,22)/b13-9+,18-10?. The van der Waals surface area contributed by atoms with Crippen LogP contribution in [0.5, 0.6) is 0 Å². The van der Waals surface area contributed by atoms with Crippen LogP contribution in [0.2, 0.25) is 0 Å². The van der Waals surface area contributed by atoms with Gasteiger partial charge < -0.3 is 14.2 Å². The number of amides is 1. The van der Waals surface area contributed by atoms with Crippen LogP contribution in [0.1, 0.15) is 23.8 Å². The molecule has 2 heterocycles. The fraction of sp³-hybridized carbons (Fsp3) is 0.294. The Labute approximate surface area is 154 Å². The zero-order chi connectivity index (χ0) is 18.4. The summed E-state index contributed by atoms with van der Waals surface area (Å²) in [7, 11) is 1.24. The molecular formula is C17H17N3O5S. The van der Waals surface area contributed by atoms with Crippen molar-refractivity contribution in [2.45, 2.75) is 12.7 Å². The van der Waals surface area contributed by atoms with Gasteiger partial charge in [0.25, 0.3) is 5.91 Å². The number of hydrogen-bond donors (Lipinski definition) is 1. The van der Waals surface area contributed by atoms with Crippen molar-refractivity contribution < 1.29 is 23.8 Å². The molecule has 1 aromatic carbocycles. The molecule has 0 aromatic heterocycles. The molecule has 26 heavy (non-hydrogen) atoms. The highest BCUT2D eigenvalue weighted by atomic mass is 32.2. The van der Waals surface area contributed by atoms with E-state index in [0.717, 1.165) is 35.4 Å². The number of amidine groups is 1. The van der Waals surface area contributed by atoms with Gasteiger partial charge in [-0.1, -0.05) is 24.3 Å². The molecule has 1 N–H and O–H groups in total. The second-order valence-corrected chi connectivity index (χ2v) is 6.36. The van der Waals surface area contributed by atoms with Gasteiger partial charge in [0, 0.05) is 11.6 Å². The smallest absolute Gasteiger partial charge is 0.331 e. The molecule has 2 fully saturated rings. The van der Waals surface area contributed by atoms with Gasteiger partial charge in [0.15, 0.2) is 11.5 Å². The number of carbonyl (C=O) groups is 2. The van der Waals surface area contributed by atoms with Crippen molar-refractivity contribution in [3.63, 3.8) is 0 Å². The number of thioether (sulfide) groups is 1. The van der Waals surface area contributed by atoms with Crippen molar-refractivity contribution in [3.05, 3.63) is 46.4 Å². The highest BCUT2D eigenvalue weighted by Crippen LogP contribution is 2.24. The largest absolute Gasteiger partial charge is 0.466 e. The van der Waals surface area contributed by atoms with Crippen molar-refractivity contribution in [3.8, 4) is 0 Å². The van der Waals surface area contributed by atoms with Gasteiger partial charge in [0.1, 0.15) is 0 Å². The van der Waals surface area contributed by atoms with Gasteiger partial charge in [-0.05, 0) is 23.7 Å². The molecule has 0 spiro atoms. The Balaban J connectivity index is 1.60. The first-order chi connectivity index (χ1) is 12.7. The maximum Gasteiger partial charge on any atom is 0.331 e. The van der Waals surface area contributed by atoms with Crippen LogP contribution in [-0.2, 0) is 23.8 Å². The summed E-state index contributed by atoms with van der Waals surface area (Å²) in [5.41, 5.74) is 1.79. The van der Waals surface area contributed by atoms with Gasteiger partial charge in [0.2, 0.25) is 0 Å². The molecule has 0 atom stereocenters. The van der Waals surface area contributed by atoms with Crippen LogP contribution in [0.15, 0.2) is 45.4 Å². The van der Waals surface area contributed by atoms with Gasteiger partial charge in [-0.25, -0.2) is 4.79 Å². The summed E-state index contributed by atoms with van der Waals surface area (Å²) in [6, 6.07) is 7.58. The Kier molecular flexibility index (Phi) is 6.16. The third-order valence-electron chi connectivity index (χ3n) is 3.49. The minimum Gasteiger partial charge on any atom is -0.466 e. The highest BCUT2D eigenvalue weighted by Gasteiger charge is 2.25. The number of esters is 1. The molecule has 2 aliphatic heterocycles. The van der Waals surface area contributed by atoms with Gasteiger partial charge in [-0.3, -0.25) is 10.1 Å². The topological polar surface area (TPSA) is 98.6 Å². The molecule has 1 aromatic rings. The molecule has 3 rings (SSSR count). The molecule has 0 aliphatic carbocycles. The van der Waals surface area contributed by atoms with Crippen LogP contribution in [0, 0.1) is 0 Å². The van der Waals surface area contributed by atoms with E-state index in [1.807, 2.05) is 24.3 Å². The third-order valence-corrected chi connectivity index (χ3v) is 4.39. The van der Waals surface area contributed by atoms with Crippen LogP contribution in [0.25, 0.3) is 0 Å². The summed E-state index contributed by atoms with van der Waals surface area (Å²) in [5.74, 6) is -1.01. The van der Waals surface area contributed by atoms with Crippen molar-refractivity contribution in [2.24, 2.45) is 10.2 Å². The quantitative estimate of drug-likeness (QED) is 0.372. The predicted molar refractivity (Wildman–Crippen MR) is 96.6 cm³/mol. The Morgan fingerprint density at radius 3 is 2.73 bits per heavy atom. The Hall–Kier alpha value is -2.49. The van der Waals surface area contributed by atoms with Crippen molar-refractivity contribution in [2.75, 3.05) is 20.3 Å². The molecule has 0 bridgehead atoms. The lowest BCUT2D eigenvalue weighted by molar-refractivity contribution is -0.183. The summed E-state index contributed by atoms with van der Waals surface area (Å²) in [4.78, 5) is 23.1. The van der Waals surface area contributed by atoms with E-state index < -0.39 is 11.9 Å². The second kappa shape index (κ2) is 8.75. The van der Waals surface area contributed by atoms with E-state index >= 15 is 0 Å². The summed E-state index contributed by atoms with van der Waals surface area (Å²) < 4.78 is 15.6. The molecule has 1 amide bonds. The predicted octanol–water partition coefficient (Wildman–Crippen LogP) is 1.73. The highest BCUT2D eigenvalue weighted by molar-refractivity contribution is 8.18. The zero-order valence-electron chi connectivity index (χ0n) is 14.0. The van der Waals surface area contributed by atoms with Crippen LogP contribution >= 0.6 is 11.8 Å². The lowest BCUT2D eigenvalue weighted by Gasteiger charge is -2.23. The molecule has 0 radical (unpaired) electrons. The monoisotopic (exact) mass is 375 g/mol. The Morgan fingerprint density at radius 1 is 1.31 bits per heavy atom. The molecule has 8 nitrogen and oxygen atoms in total. The normalized spacial score (nSPS) is 21.5. The number of carbonyl (C=O) groups excluding carboxylic acids is 2. The van der Waals surface area contributed by atoms with Crippen molar-refractivity contribution in [1.82, 2.24) is 5.32 Å². The summed E-state index contributed by atoms with van der Waals surface area (Å²) in [6.45, 7) is 1.39. The number of nitrogens with zero attached hydrogens (tertiary/aromatic N) is 2. The number of benzene rings is 1. The Bertz CT molecular complexity index is 767. The maximum absolute atomic E-state index is 11.7. The van der Waals surface area contributed by atoms with Crippen LogP contribution in [-0.4, -0.2) is 43.6 Å². The minimum atomic E-state index is -0.599. The van der Waals surface area contributed by atoms with Crippen LogP contribution < -0.4 is 5.32 Å². The second-order valence-electron chi connectivity index (χ2n) is 5.33. The van der Waals surface area contributed by atoms with Crippen LogP contribution in [0.3, 0.4) is 0 Å². The maximum atomic E-state index is 11.7. The van der Waals surface area contributed by atoms with E-state index in [1.165, 1.54) is 7.11 Å². The number of hydrogen-bond acceptors (Lipinski definition) is 8. The fourth-order valence-corrected chi connectivity index (χ4v) is 2.95. The zero-order valence-corrected chi connectivity index (χ0v) is 14.8. The van der Waals surface area contributed by atoms with E-state index in [4.69, 9.17) is 9.47 Å². The van der Waals surface area contributed by atoms with Gasteiger partial charge in [-0.2, -0.15) is 5.10 Å². The van der Waals surface area contributed by atoms with E-state index in [2.05, 4.69) is 20.3 Å². The van der Waals surface area contributed by atoms with Crippen molar-refractivity contribution >= 4 is 35.0 Å². The number of methoxy groups -OCH3 is 1. The number of nitrogens with one attached hydrogen (secondary N) is 1. The fourth-order valence-electron chi connectivity index (χ4n) is 2.21. The van der Waals surface area contributed by atoms with Gasteiger partial charge >= 0.3 is 5.97 Å². The van der Waals surface area contributed by atoms with Gasteiger partial charge in [0.05, 0.1) is 31.4 Å². The van der Waals surface area contributed by atoms with E-state index in [-0.39, 0.29) is 11.2 Å². The summed E-state index contributed by atoms with van der Waals surface area (Å²) >= 11 is 1.02. The van der Waals surface area contributed by atoms with E-state index in [1.54, 1.807) is 6.21 Å². The van der Waals surface area contributed by atoms with E-state index in [0.29, 0.717) is 18.4 Å².